The number of benzene rings is 2. The minimum atomic E-state index is -0.345. The van der Waals surface area contributed by atoms with Crippen LogP contribution in [0.25, 0.3) is 6.08 Å². The number of ether oxygens (including phenoxy) is 1. The summed E-state index contributed by atoms with van der Waals surface area (Å²) in [7, 11) is 0. The molecule has 1 saturated heterocycles. The summed E-state index contributed by atoms with van der Waals surface area (Å²) in [6.45, 7) is 4.53. The van der Waals surface area contributed by atoms with Crippen LogP contribution in [0.5, 0.6) is 0 Å². The highest BCUT2D eigenvalue weighted by Crippen LogP contribution is 2.23. The summed E-state index contributed by atoms with van der Waals surface area (Å²) in [5.41, 5.74) is 3.05. The lowest BCUT2D eigenvalue weighted by Gasteiger charge is -2.29. The lowest BCUT2D eigenvalue weighted by Crippen LogP contribution is -2.36. The first-order chi connectivity index (χ1) is 12.1. The zero-order valence-electron chi connectivity index (χ0n) is 14.2. The first kappa shape index (κ1) is 17.2. The Morgan fingerprint density at radius 1 is 1.20 bits per heavy atom. The number of hydrogen-bond donors (Lipinski definition) is 1. The van der Waals surface area contributed by atoms with E-state index in [0.717, 1.165) is 11.1 Å². The molecule has 1 fully saturated rings. The van der Waals surface area contributed by atoms with E-state index in [4.69, 9.17) is 4.74 Å². The van der Waals surface area contributed by atoms with Crippen molar-refractivity contribution in [3.05, 3.63) is 65.5 Å². The average molecular weight is 340 g/mol. The quantitative estimate of drug-likeness (QED) is 0.865. The molecule has 0 spiro atoms. The number of halogens is 1. The second-order valence-corrected chi connectivity index (χ2v) is 6.00. The molecule has 1 heterocycles. The third-order valence-corrected chi connectivity index (χ3v) is 4.04. The highest BCUT2D eigenvalue weighted by Gasteiger charge is 2.15. The molecule has 1 N–H and O–H groups in total. The largest absolute Gasteiger partial charge is 0.378 e. The maximum atomic E-state index is 14.3. The number of aryl methyl sites for hydroxylation is 1. The predicted octanol–water partition coefficient (Wildman–Crippen LogP) is 3.62. The second-order valence-electron chi connectivity index (χ2n) is 6.00. The van der Waals surface area contributed by atoms with E-state index in [2.05, 4.69) is 5.32 Å². The first-order valence-electron chi connectivity index (χ1n) is 8.30. The van der Waals surface area contributed by atoms with Gasteiger partial charge in [0, 0.05) is 24.9 Å². The fourth-order valence-electron chi connectivity index (χ4n) is 2.77. The fraction of sp³-hybridized carbons (Fsp3) is 0.250. The Morgan fingerprint density at radius 3 is 2.72 bits per heavy atom. The number of carbonyl (C=O) groups excluding carboxylic acids is 1. The van der Waals surface area contributed by atoms with E-state index in [0.29, 0.717) is 37.7 Å². The average Bonchev–Trinajstić information content (AvgIpc) is 2.61. The van der Waals surface area contributed by atoms with Gasteiger partial charge >= 0.3 is 0 Å². The number of rotatable bonds is 4. The van der Waals surface area contributed by atoms with Crippen molar-refractivity contribution in [1.29, 1.82) is 0 Å². The van der Waals surface area contributed by atoms with E-state index in [9.17, 15) is 9.18 Å². The molecule has 0 aromatic heterocycles. The van der Waals surface area contributed by atoms with E-state index in [1.807, 2.05) is 36.1 Å². The van der Waals surface area contributed by atoms with Gasteiger partial charge in [-0.3, -0.25) is 4.79 Å². The Bertz CT molecular complexity index is 783. The van der Waals surface area contributed by atoms with Crippen molar-refractivity contribution < 1.29 is 13.9 Å². The molecule has 0 atom stereocenters. The minimum Gasteiger partial charge on any atom is -0.378 e. The van der Waals surface area contributed by atoms with E-state index in [1.165, 1.54) is 12.1 Å². The van der Waals surface area contributed by atoms with Crippen LogP contribution >= 0.6 is 0 Å². The molecule has 5 heteroatoms. The number of nitrogens with zero attached hydrogens (tertiary/aromatic N) is 1. The molecule has 1 aliphatic rings. The van der Waals surface area contributed by atoms with Gasteiger partial charge in [0.2, 0.25) is 5.91 Å². The van der Waals surface area contributed by atoms with Crippen molar-refractivity contribution in [2.45, 2.75) is 6.92 Å². The van der Waals surface area contributed by atoms with Gasteiger partial charge in [0.1, 0.15) is 5.82 Å². The molecule has 1 aliphatic heterocycles. The molecule has 0 aliphatic carbocycles. The number of hydrogen-bond acceptors (Lipinski definition) is 3. The SMILES string of the molecule is Cc1cccc(/C=C/C(=O)Nc2ccc(N3CCOCC3)c(F)c2)c1. The van der Waals surface area contributed by atoms with Crippen LogP contribution in [0, 0.1) is 12.7 Å². The van der Waals surface area contributed by atoms with Gasteiger partial charge in [-0.1, -0.05) is 29.8 Å². The molecule has 0 saturated carbocycles. The van der Waals surface area contributed by atoms with Crippen LogP contribution in [0.15, 0.2) is 48.5 Å². The maximum absolute atomic E-state index is 14.3. The van der Waals surface area contributed by atoms with E-state index in [-0.39, 0.29) is 11.7 Å². The predicted molar refractivity (Wildman–Crippen MR) is 98.3 cm³/mol. The highest BCUT2D eigenvalue weighted by molar-refractivity contribution is 6.02. The molecular formula is C20H21FN2O2. The summed E-state index contributed by atoms with van der Waals surface area (Å²) in [6.07, 6.45) is 3.18. The Hall–Kier alpha value is -2.66. The molecule has 0 unspecified atom stereocenters. The van der Waals surface area contributed by atoms with Crippen LogP contribution in [0.4, 0.5) is 15.8 Å². The van der Waals surface area contributed by atoms with E-state index < -0.39 is 0 Å². The van der Waals surface area contributed by atoms with E-state index >= 15 is 0 Å². The van der Waals surface area contributed by atoms with Gasteiger partial charge in [0.25, 0.3) is 0 Å². The third kappa shape index (κ3) is 4.67. The maximum Gasteiger partial charge on any atom is 0.248 e. The van der Waals surface area contributed by atoms with Crippen LogP contribution in [0.3, 0.4) is 0 Å². The van der Waals surface area contributed by atoms with Crippen molar-refractivity contribution in [2.24, 2.45) is 0 Å². The van der Waals surface area contributed by atoms with Crippen molar-refractivity contribution in [3.8, 4) is 0 Å². The monoisotopic (exact) mass is 340 g/mol. The summed E-state index contributed by atoms with van der Waals surface area (Å²) >= 11 is 0. The van der Waals surface area contributed by atoms with Gasteiger partial charge in [-0.25, -0.2) is 4.39 Å². The van der Waals surface area contributed by atoms with Gasteiger partial charge in [0.15, 0.2) is 0 Å². The first-order valence-corrected chi connectivity index (χ1v) is 8.30. The van der Waals surface area contributed by atoms with Gasteiger partial charge in [-0.05, 0) is 36.8 Å². The zero-order valence-corrected chi connectivity index (χ0v) is 14.2. The molecule has 1 amide bonds. The lowest BCUT2D eigenvalue weighted by molar-refractivity contribution is -0.111. The van der Waals surface area contributed by atoms with Crippen LogP contribution in [-0.4, -0.2) is 32.2 Å². The number of morpholine rings is 1. The zero-order chi connectivity index (χ0) is 17.6. The standard InChI is InChI=1S/C20H21FN2O2/c1-15-3-2-4-16(13-15)5-8-20(24)22-17-6-7-19(18(21)14-17)23-9-11-25-12-10-23/h2-8,13-14H,9-12H2,1H3,(H,22,24)/b8-5+. The Morgan fingerprint density at radius 2 is 2.00 bits per heavy atom. The summed E-state index contributed by atoms with van der Waals surface area (Å²) in [5, 5.41) is 2.69. The van der Waals surface area contributed by atoms with Crippen molar-refractivity contribution in [1.82, 2.24) is 0 Å². The molecule has 2 aromatic rings. The normalized spacial score (nSPS) is 14.7. The summed E-state index contributed by atoms with van der Waals surface area (Å²) in [5.74, 6) is -0.637. The third-order valence-electron chi connectivity index (χ3n) is 4.04. The fourth-order valence-corrected chi connectivity index (χ4v) is 2.77. The Balaban J connectivity index is 1.64. The molecular weight excluding hydrogens is 319 g/mol. The lowest BCUT2D eigenvalue weighted by atomic mass is 10.1. The van der Waals surface area contributed by atoms with Crippen molar-refractivity contribution >= 4 is 23.4 Å². The molecule has 0 radical (unpaired) electrons. The molecule has 130 valence electrons. The van der Waals surface area contributed by atoms with Crippen LogP contribution in [0.2, 0.25) is 0 Å². The smallest absolute Gasteiger partial charge is 0.248 e. The van der Waals surface area contributed by atoms with Crippen LogP contribution < -0.4 is 10.2 Å². The Labute approximate surface area is 146 Å². The minimum absolute atomic E-state index is 0.292. The molecule has 3 rings (SSSR count). The molecule has 2 aromatic carbocycles. The van der Waals surface area contributed by atoms with Crippen LogP contribution in [0.1, 0.15) is 11.1 Å². The number of anilines is 2. The number of amides is 1. The topological polar surface area (TPSA) is 41.6 Å². The highest BCUT2D eigenvalue weighted by atomic mass is 19.1. The van der Waals surface area contributed by atoms with Gasteiger partial charge < -0.3 is 15.0 Å². The van der Waals surface area contributed by atoms with E-state index in [1.54, 1.807) is 18.2 Å². The van der Waals surface area contributed by atoms with Crippen molar-refractivity contribution in [3.63, 3.8) is 0 Å². The summed E-state index contributed by atoms with van der Waals surface area (Å²) in [6, 6.07) is 12.6. The molecule has 4 nitrogen and oxygen atoms in total. The van der Waals surface area contributed by atoms with Gasteiger partial charge in [-0.2, -0.15) is 0 Å². The van der Waals surface area contributed by atoms with Gasteiger partial charge in [0.05, 0.1) is 18.9 Å². The van der Waals surface area contributed by atoms with Gasteiger partial charge in [-0.15, -0.1) is 0 Å². The van der Waals surface area contributed by atoms with Crippen LogP contribution in [-0.2, 0) is 9.53 Å². The second kappa shape index (κ2) is 7.94. The molecule has 0 bridgehead atoms. The summed E-state index contributed by atoms with van der Waals surface area (Å²) in [4.78, 5) is 14.0. The Kier molecular flexibility index (Phi) is 5.46. The van der Waals surface area contributed by atoms with Crippen molar-refractivity contribution in [2.75, 3.05) is 36.5 Å². The number of carbonyl (C=O) groups is 1. The summed E-state index contributed by atoms with van der Waals surface area (Å²) < 4.78 is 19.6. The molecule has 25 heavy (non-hydrogen) atoms. The number of nitrogens with one attached hydrogen (secondary N) is 1.